The molecule has 0 unspecified atom stereocenters. The van der Waals surface area contributed by atoms with Gasteiger partial charge in [0.25, 0.3) is 11.8 Å². The number of benzene rings is 2. The van der Waals surface area contributed by atoms with E-state index in [4.69, 9.17) is 11.6 Å². The summed E-state index contributed by atoms with van der Waals surface area (Å²) in [7, 11) is -3.28. The first-order valence-corrected chi connectivity index (χ1v) is 12.1. The van der Waals surface area contributed by atoms with Crippen LogP contribution in [0.15, 0.2) is 64.9 Å². The smallest absolute Gasteiger partial charge is 0.265 e. The highest BCUT2D eigenvalue weighted by molar-refractivity contribution is 7.90. The quantitative estimate of drug-likeness (QED) is 0.562. The minimum absolute atomic E-state index is 0.216. The Morgan fingerprint density at radius 1 is 1.03 bits per heavy atom. The van der Waals surface area contributed by atoms with Crippen molar-refractivity contribution in [1.82, 2.24) is 5.32 Å². The summed E-state index contributed by atoms with van der Waals surface area (Å²) in [5.74, 6) is -0.651. The highest BCUT2D eigenvalue weighted by atomic mass is 35.5. The van der Waals surface area contributed by atoms with Crippen LogP contribution >= 0.6 is 22.9 Å². The molecule has 2 aromatic carbocycles. The maximum absolute atomic E-state index is 12.7. The molecular weight excluding hydrogens is 444 g/mol. The van der Waals surface area contributed by atoms with Crippen LogP contribution in [-0.2, 0) is 9.84 Å². The molecule has 0 spiro atoms. The fourth-order valence-electron chi connectivity index (χ4n) is 2.72. The summed E-state index contributed by atoms with van der Waals surface area (Å²) in [5, 5.41) is 7.69. The monoisotopic (exact) mass is 462 g/mol. The van der Waals surface area contributed by atoms with Crippen LogP contribution in [0.1, 0.15) is 38.6 Å². The van der Waals surface area contributed by atoms with Gasteiger partial charge in [0.15, 0.2) is 9.84 Å². The molecule has 0 bridgehead atoms. The van der Waals surface area contributed by atoms with Crippen LogP contribution in [0.25, 0.3) is 0 Å². The molecule has 3 aromatic rings. The van der Waals surface area contributed by atoms with Crippen LogP contribution in [0.5, 0.6) is 0 Å². The van der Waals surface area contributed by atoms with E-state index in [0.29, 0.717) is 21.2 Å². The Kier molecular flexibility index (Phi) is 6.60. The van der Waals surface area contributed by atoms with E-state index in [0.717, 1.165) is 11.8 Å². The summed E-state index contributed by atoms with van der Waals surface area (Å²) >= 11 is 7.47. The minimum atomic E-state index is -3.28. The van der Waals surface area contributed by atoms with Gasteiger partial charge in [0.05, 0.1) is 26.5 Å². The number of halogens is 1. The predicted molar refractivity (Wildman–Crippen MR) is 119 cm³/mol. The van der Waals surface area contributed by atoms with Crippen molar-refractivity contribution in [2.24, 2.45) is 0 Å². The molecule has 2 amide bonds. The molecule has 1 heterocycles. The molecule has 30 heavy (non-hydrogen) atoms. The van der Waals surface area contributed by atoms with E-state index >= 15 is 0 Å². The SMILES string of the molecule is C[C@@H](NC(=O)c1ccc(Cl)c(NC(=O)c2cccs2)c1)c1ccc(S(C)(=O)=O)cc1. The van der Waals surface area contributed by atoms with Crippen molar-refractivity contribution in [3.8, 4) is 0 Å². The number of rotatable bonds is 6. The second-order valence-corrected chi connectivity index (χ2v) is 10.0. The second kappa shape index (κ2) is 8.99. The van der Waals surface area contributed by atoms with Crippen molar-refractivity contribution in [2.75, 3.05) is 11.6 Å². The molecule has 0 radical (unpaired) electrons. The van der Waals surface area contributed by atoms with Gasteiger partial charge in [0, 0.05) is 11.8 Å². The molecule has 1 aromatic heterocycles. The summed E-state index contributed by atoms with van der Waals surface area (Å²) in [6, 6.07) is 14.1. The van der Waals surface area contributed by atoms with E-state index in [1.807, 2.05) is 0 Å². The first kappa shape index (κ1) is 22.0. The lowest BCUT2D eigenvalue weighted by Gasteiger charge is -2.16. The summed E-state index contributed by atoms with van der Waals surface area (Å²) in [6.45, 7) is 1.79. The van der Waals surface area contributed by atoms with Gasteiger partial charge >= 0.3 is 0 Å². The predicted octanol–water partition coefficient (Wildman–Crippen LogP) is 4.55. The zero-order valence-electron chi connectivity index (χ0n) is 16.2. The largest absolute Gasteiger partial charge is 0.346 e. The van der Waals surface area contributed by atoms with E-state index in [-0.39, 0.29) is 22.8 Å². The lowest BCUT2D eigenvalue weighted by atomic mass is 10.1. The van der Waals surface area contributed by atoms with Gasteiger partial charge in [-0.1, -0.05) is 29.8 Å². The van der Waals surface area contributed by atoms with Crippen LogP contribution in [-0.4, -0.2) is 26.5 Å². The normalized spacial score (nSPS) is 12.2. The molecule has 0 saturated carbocycles. The van der Waals surface area contributed by atoms with Crippen molar-refractivity contribution in [3.63, 3.8) is 0 Å². The lowest BCUT2D eigenvalue weighted by Crippen LogP contribution is -2.26. The van der Waals surface area contributed by atoms with E-state index in [9.17, 15) is 18.0 Å². The molecular formula is C21H19ClN2O4S2. The van der Waals surface area contributed by atoms with Gasteiger partial charge in [-0.3, -0.25) is 9.59 Å². The molecule has 0 aliphatic carbocycles. The fourth-order valence-corrected chi connectivity index (χ4v) is 4.14. The molecule has 0 fully saturated rings. The fraction of sp³-hybridized carbons (Fsp3) is 0.143. The molecule has 0 saturated heterocycles. The van der Waals surface area contributed by atoms with E-state index < -0.39 is 9.84 Å². The Morgan fingerprint density at radius 3 is 2.33 bits per heavy atom. The zero-order chi connectivity index (χ0) is 21.9. The summed E-state index contributed by atoms with van der Waals surface area (Å²) in [4.78, 5) is 25.7. The Balaban J connectivity index is 1.72. The minimum Gasteiger partial charge on any atom is -0.346 e. The van der Waals surface area contributed by atoms with Gasteiger partial charge < -0.3 is 10.6 Å². The molecule has 6 nitrogen and oxygen atoms in total. The van der Waals surface area contributed by atoms with Crippen molar-refractivity contribution >= 4 is 50.3 Å². The molecule has 156 valence electrons. The summed E-state index contributed by atoms with van der Waals surface area (Å²) < 4.78 is 23.2. The Bertz CT molecular complexity index is 1170. The number of carbonyl (C=O) groups excluding carboxylic acids is 2. The number of anilines is 1. The van der Waals surface area contributed by atoms with Crippen LogP contribution in [0.4, 0.5) is 5.69 Å². The third-order valence-corrected chi connectivity index (χ3v) is 6.70. The number of amides is 2. The topological polar surface area (TPSA) is 92.3 Å². The summed E-state index contributed by atoms with van der Waals surface area (Å²) in [6.07, 6.45) is 1.14. The van der Waals surface area contributed by atoms with E-state index in [2.05, 4.69) is 10.6 Å². The first-order chi connectivity index (χ1) is 14.1. The molecule has 0 aliphatic rings. The molecule has 2 N–H and O–H groups in total. The number of nitrogens with one attached hydrogen (secondary N) is 2. The van der Waals surface area contributed by atoms with Crippen LogP contribution in [0, 0.1) is 0 Å². The Hall–Kier alpha value is -2.68. The third-order valence-electron chi connectivity index (χ3n) is 4.38. The van der Waals surface area contributed by atoms with Crippen molar-refractivity contribution < 1.29 is 18.0 Å². The number of hydrogen-bond donors (Lipinski definition) is 2. The first-order valence-electron chi connectivity index (χ1n) is 8.90. The molecule has 3 rings (SSSR count). The van der Waals surface area contributed by atoms with Gasteiger partial charge in [-0.2, -0.15) is 0 Å². The number of carbonyl (C=O) groups is 2. The average Bonchev–Trinajstić information content (AvgIpc) is 3.24. The highest BCUT2D eigenvalue weighted by Gasteiger charge is 2.16. The number of thiophene rings is 1. The van der Waals surface area contributed by atoms with Gasteiger partial charge in [-0.05, 0) is 54.3 Å². The lowest BCUT2D eigenvalue weighted by molar-refractivity contribution is 0.0938. The van der Waals surface area contributed by atoms with Crippen molar-refractivity contribution in [1.29, 1.82) is 0 Å². The van der Waals surface area contributed by atoms with Gasteiger partial charge in [-0.15, -0.1) is 11.3 Å². The maximum atomic E-state index is 12.7. The van der Waals surface area contributed by atoms with Crippen LogP contribution < -0.4 is 10.6 Å². The van der Waals surface area contributed by atoms with Gasteiger partial charge in [0.2, 0.25) is 0 Å². The molecule has 1 atom stereocenters. The molecule has 0 aliphatic heterocycles. The van der Waals surface area contributed by atoms with Crippen LogP contribution in [0.2, 0.25) is 5.02 Å². The second-order valence-electron chi connectivity index (χ2n) is 6.66. The maximum Gasteiger partial charge on any atom is 0.265 e. The summed E-state index contributed by atoms with van der Waals surface area (Å²) in [5.41, 5.74) is 1.43. The van der Waals surface area contributed by atoms with Gasteiger partial charge in [-0.25, -0.2) is 8.42 Å². The van der Waals surface area contributed by atoms with Gasteiger partial charge in [0.1, 0.15) is 0 Å². The van der Waals surface area contributed by atoms with Crippen LogP contribution in [0.3, 0.4) is 0 Å². The Morgan fingerprint density at radius 2 is 1.73 bits per heavy atom. The third kappa shape index (κ3) is 5.27. The number of sulfone groups is 1. The molecule has 9 heteroatoms. The zero-order valence-corrected chi connectivity index (χ0v) is 18.6. The van der Waals surface area contributed by atoms with Crippen molar-refractivity contribution in [3.05, 3.63) is 81.0 Å². The highest BCUT2D eigenvalue weighted by Crippen LogP contribution is 2.25. The van der Waals surface area contributed by atoms with E-state index in [1.165, 1.54) is 29.5 Å². The Labute approximate surface area is 183 Å². The standard InChI is InChI=1S/C21H19ClN2O4S2/c1-13(14-5-8-16(9-6-14)30(2,27)28)23-20(25)15-7-10-17(22)18(12-15)24-21(26)19-4-3-11-29-19/h3-13H,1-2H3,(H,23,25)(H,24,26)/t13-/m1/s1. The van der Waals surface area contributed by atoms with E-state index in [1.54, 1.807) is 48.7 Å². The average molecular weight is 463 g/mol. The van der Waals surface area contributed by atoms with Crippen molar-refractivity contribution in [2.45, 2.75) is 17.9 Å². The number of hydrogen-bond acceptors (Lipinski definition) is 5.